The molecule has 0 aromatic rings. The van der Waals surface area contributed by atoms with Crippen LogP contribution in [-0.4, -0.2) is 18.8 Å². The summed E-state index contributed by atoms with van der Waals surface area (Å²) < 4.78 is 6.18. The fourth-order valence-corrected chi connectivity index (χ4v) is 9.00. The molecule has 0 rings (SSSR count). The molecule has 0 aromatic heterocycles. The Morgan fingerprint density at radius 3 is 0.900 bits per heavy atom. The number of hydrogen-bond donors (Lipinski definition) is 0. The first-order chi connectivity index (χ1) is 4.24. The topological polar surface area (TPSA) is 0 Å². The predicted molar refractivity (Wildman–Crippen MR) is 47.7 cm³/mol. The largest absolute Gasteiger partial charge is 1.00 e. The Morgan fingerprint density at radius 2 is 0.900 bits per heavy atom. The molecule has 64 valence electrons. The standard InChI is InChI=1S/4C2H5.BrH.Sb/c4*1-2;;/h4*1H2,2H3;1H;/q;;;;;+1/p-1. The average Bonchev–Trinajstić information content (AvgIpc) is 1.95. The minimum atomic E-state index is -1.29. The molecule has 0 N–H and O–H groups in total. The van der Waals surface area contributed by atoms with Crippen molar-refractivity contribution in [3.8, 4) is 0 Å². The molecule has 0 fully saturated rings. The maximum atomic E-state index is 2.39. The van der Waals surface area contributed by atoms with E-state index >= 15 is 0 Å². The predicted octanol–water partition coefficient (Wildman–Crippen LogP) is 0.519. The molecule has 0 aliphatic carbocycles. The molecular weight excluding hydrogens is 298 g/mol. The zero-order valence-electron chi connectivity index (χ0n) is 7.65. The van der Waals surface area contributed by atoms with E-state index in [4.69, 9.17) is 0 Å². The van der Waals surface area contributed by atoms with Gasteiger partial charge in [0.25, 0.3) is 0 Å². The van der Waals surface area contributed by atoms with Crippen LogP contribution in [0.25, 0.3) is 0 Å². The summed E-state index contributed by atoms with van der Waals surface area (Å²) in [6, 6.07) is 0. The maximum absolute atomic E-state index is 2.39. The van der Waals surface area contributed by atoms with Gasteiger partial charge in [0.1, 0.15) is 0 Å². The van der Waals surface area contributed by atoms with Crippen molar-refractivity contribution in [1.29, 1.82) is 0 Å². The normalized spacial score (nSPS) is 10.8. The SMILES string of the molecule is C[CH2][Sb+]([CH2]C)([CH2]C)[CH2]C.[Br-]. The van der Waals surface area contributed by atoms with Gasteiger partial charge in [0.2, 0.25) is 0 Å². The Labute approximate surface area is 80.5 Å². The third-order valence-corrected chi connectivity index (χ3v) is 18.0. The van der Waals surface area contributed by atoms with Crippen molar-refractivity contribution in [1.82, 2.24) is 0 Å². The van der Waals surface area contributed by atoms with Crippen LogP contribution in [0.4, 0.5) is 0 Å². The van der Waals surface area contributed by atoms with Crippen LogP contribution in [-0.2, 0) is 0 Å². The molecule has 0 amide bonds. The third kappa shape index (κ3) is 3.62. The molecule has 0 atom stereocenters. The van der Waals surface area contributed by atoms with Crippen LogP contribution in [0.2, 0.25) is 17.5 Å². The molecule has 0 aromatic carbocycles. The van der Waals surface area contributed by atoms with Crippen LogP contribution in [0.3, 0.4) is 0 Å². The minimum absolute atomic E-state index is 0. The van der Waals surface area contributed by atoms with E-state index in [1.165, 1.54) is 0 Å². The molecule has 0 unspecified atom stereocenters. The van der Waals surface area contributed by atoms with Crippen molar-refractivity contribution in [2.24, 2.45) is 0 Å². The van der Waals surface area contributed by atoms with Crippen molar-refractivity contribution in [2.45, 2.75) is 45.2 Å². The zero-order chi connectivity index (χ0) is 7.33. The van der Waals surface area contributed by atoms with Gasteiger partial charge in [0.15, 0.2) is 0 Å². The maximum Gasteiger partial charge on any atom is -1.00 e. The molecular formula is C8H20BrSb. The molecule has 0 saturated carbocycles. The average molecular weight is 318 g/mol. The summed E-state index contributed by atoms with van der Waals surface area (Å²) in [5, 5.41) is 0. The van der Waals surface area contributed by atoms with Crippen molar-refractivity contribution >= 4 is 18.8 Å². The summed E-state index contributed by atoms with van der Waals surface area (Å²) in [5.41, 5.74) is 0. The Morgan fingerprint density at radius 1 is 0.700 bits per heavy atom. The minimum Gasteiger partial charge on any atom is -1.00 e. The Hall–Kier alpha value is 1.30. The van der Waals surface area contributed by atoms with Gasteiger partial charge in [-0.2, -0.15) is 0 Å². The van der Waals surface area contributed by atoms with Crippen molar-refractivity contribution in [3.05, 3.63) is 0 Å². The van der Waals surface area contributed by atoms with Gasteiger partial charge in [-0.1, -0.05) is 0 Å². The summed E-state index contributed by atoms with van der Waals surface area (Å²) in [6.45, 7) is 9.56. The Bertz CT molecular complexity index is 52.1. The van der Waals surface area contributed by atoms with E-state index in [1.807, 2.05) is 0 Å². The second-order valence-corrected chi connectivity index (χ2v) is 17.5. The van der Waals surface area contributed by atoms with Gasteiger partial charge in [-0.15, -0.1) is 0 Å². The molecule has 0 bridgehead atoms. The van der Waals surface area contributed by atoms with Gasteiger partial charge >= 0.3 is 64.0 Å². The first-order valence-corrected chi connectivity index (χ1v) is 11.3. The van der Waals surface area contributed by atoms with E-state index in [-0.39, 0.29) is 17.0 Å². The molecule has 0 aliphatic heterocycles. The number of hydrogen-bond acceptors (Lipinski definition) is 0. The second-order valence-electron chi connectivity index (χ2n) is 2.61. The van der Waals surface area contributed by atoms with E-state index in [9.17, 15) is 0 Å². The molecule has 10 heavy (non-hydrogen) atoms. The van der Waals surface area contributed by atoms with Gasteiger partial charge < -0.3 is 17.0 Å². The molecule has 0 heterocycles. The molecule has 0 nitrogen and oxygen atoms in total. The van der Waals surface area contributed by atoms with Crippen molar-refractivity contribution in [3.63, 3.8) is 0 Å². The fraction of sp³-hybridized carbons (Fsp3) is 1.00. The van der Waals surface area contributed by atoms with Gasteiger partial charge in [0, 0.05) is 0 Å². The summed E-state index contributed by atoms with van der Waals surface area (Å²) in [4.78, 5) is 0. The van der Waals surface area contributed by atoms with Crippen molar-refractivity contribution < 1.29 is 17.0 Å². The first kappa shape index (κ1) is 13.9. The quantitative estimate of drug-likeness (QED) is 0.663. The fourth-order valence-electron chi connectivity index (χ4n) is 1.34. The van der Waals surface area contributed by atoms with Crippen LogP contribution in [0.1, 0.15) is 27.7 Å². The number of halogens is 1. The van der Waals surface area contributed by atoms with E-state index < -0.39 is 18.8 Å². The smallest absolute Gasteiger partial charge is 1.00 e. The van der Waals surface area contributed by atoms with Crippen LogP contribution in [0.15, 0.2) is 0 Å². The molecule has 0 spiro atoms. The van der Waals surface area contributed by atoms with Crippen LogP contribution in [0, 0.1) is 0 Å². The monoisotopic (exact) mass is 316 g/mol. The van der Waals surface area contributed by atoms with E-state index in [1.54, 1.807) is 17.5 Å². The Kier molecular flexibility index (Phi) is 9.67. The van der Waals surface area contributed by atoms with E-state index in [2.05, 4.69) is 27.7 Å². The first-order valence-electron chi connectivity index (χ1n) is 4.09. The molecule has 0 saturated heterocycles. The molecule has 0 radical (unpaired) electrons. The number of rotatable bonds is 4. The summed E-state index contributed by atoms with van der Waals surface area (Å²) in [7, 11) is 0. The van der Waals surface area contributed by atoms with Crippen LogP contribution < -0.4 is 17.0 Å². The Balaban J connectivity index is 0. The van der Waals surface area contributed by atoms with E-state index in [0.29, 0.717) is 0 Å². The molecule has 2 heteroatoms. The summed E-state index contributed by atoms with van der Waals surface area (Å²) >= 11 is -1.29. The van der Waals surface area contributed by atoms with Gasteiger partial charge in [-0.05, 0) is 0 Å². The summed E-state index contributed by atoms with van der Waals surface area (Å²) in [6.07, 6.45) is 0. The summed E-state index contributed by atoms with van der Waals surface area (Å²) in [5.74, 6) is 0. The van der Waals surface area contributed by atoms with Gasteiger partial charge in [-0.25, -0.2) is 0 Å². The van der Waals surface area contributed by atoms with Gasteiger partial charge in [0.05, 0.1) is 0 Å². The second kappa shape index (κ2) is 6.97. The zero-order valence-corrected chi connectivity index (χ0v) is 11.8. The van der Waals surface area contributed by atoms with Gasteiger partial charge in [-0.3, -0.25) is 0 Å². The third-order valence-electron chi connectivity index (χ3n) is 2.68. The van der Waals surface area contributed by atoms with Crippen molar-refractivity contribution in [2.75, 3.05) is 0 Å². The van der Waals surface area contributed by atoms with Crippen LogP contribution in [0.5, 0.6) is 0 Å². The van der Waals surface area contributed by atoms with Crippen LogP contribution >= 0.6 is 0 Å². The molecule has 0 aliphatic rings. The van der Waals surface area contributed by atoms with E-state index in [0.717, 1.165) is 0 Å².